The number of methoxy groups -OCH3 is 3. The summed E-state index contributed by atoms with van der Waals surface area (Å²) in [7, 11) is 4.78. The lowest BCUT2D eigenvalue weighted by atomic mass is 10.1. The fourth-order valence-corrected chi connectivity index (χ4v) is 4.05. The second kappa shape index (κ2) is 9.43. The van der Waals surface area contributed by atoms with Gasteiger partial charge in [-0.15, -0.1) is 11.3 Å². The van der Waals surface area contributed by atoms with Crippen LogP contribution in [0.4, 0.5) is 5.13 Å². The average Bonchev–Trinajstić information content (AvgIpc) is 3.15. The Morgan fingerprint density at radius 2 is 1.72 bits per heavy atom. The predicted molar refractivity (Wildman–Crippen MR) is 116 cm³/mol. The summed E-state index contributed by atoms with van der Waals surface area (Å²) in [5, 5.41) is 3.45. The Bertz CT molecular complexity index is 978. The van der Waals surface area contributed by atoms with Gasteiger partial charge in [-0.25, -0.2) is 4.98 Å². The Kier molecular flexibility index (Phi) is 6.72. The number of thiazole rings is 1. The molecule has 2 aromatic carbocycles. The van der Waals surface area contributed by atoms with Gasteiger partial charge in [0.25, 0.3) is 5.91 Å². The van der Waals surface area contributed by atoms with E-state index in [9.17, 15) is 4.79 Å². The largest absolute Gasteiger partial charge is 0.497 e. The number of para-hydroxylation sites is 1. The maximum absolute atomic E-state index is 12.7. The smallest absolute Gasteiger partial charge is 0.261 e. The van der Waals surface area contributed by atoms with Gasteiger partial charge in [-0.2, -0.15) is 0 Å². The van der Waals surface area contributed by atoms with Gasteiger partial charge in [-0.05, 0) is 30.7 Å². The fraction of sp³-hybridized carbons (Fsp3) is 0.273. The normalized spacial score (nSPS) is 10.5. The van der Waals surface area contributed by atoms with E-state index in [-0.39, 0.29) is 5.91 Å². The number of amides is 1. The number of hydrogen-bond acceptors (Lipinski definition) is 6. The molecule has 0 bridgehead atoms. The summed E-state index contributed by atoms with van der Waals surface area (Å²) in [6, 6.07) is 12.8. The first kappa shape index (κ1) is 20.7. The second-order valence-corrected chi connectivity index (χ2v) is 7.38. The van der Waals surface area contributed by atoms with Crippen LogP contribution in [0.15, 0.2) is 42.5 Å². The standard InChI is InChI=1S/C22H24N2O4S/c1-5-8-19-20(14-11-15(26-2)13-16(12-14)27-3)23-22(29-19)24-21(25)17-9-6-7-10-18(17)28-4/h6-7,9-13H,5,8H2,1-4H3,(H,23,24,25). The highest BCUT2D eigenvalue weighted by Gasteiger charge is 2.18. The van der Waals surface area contributed by atoms with E-state index in [0.29, 0.717) is 27.9 Å². The van der Waals surface area contributed by atoms with Crippen LogP contribution < -0.4 is 19.5 Å². The Hall–Kier alpha value is -3.06. The van der Waals surface area contributed by atoms with Crippen molar-refractivity contribution in [1.29, 1.82) is 0 Å². The summed E-state index contributed by atoms with van der Waals surface area (Å²) in [5.41, 5.74) is 2.18. The minimum Gasteiger partial charge on any atom is -0.497 e. The number of anilines is 1. The van der Waals surface area contributed by atoms with Gasteiger partial charge in [0.05, 0.1) is 32.6 Å². The topological polar surface area (TPSA) is 69.7 Å². The van der Waals surface area contributed by atoms with Gasteiger partial charge in [-0.3, -0.25) is 10.1 Å². The SMILES string of the molecule is CCCc1sc(NC(=O)c2ccccc2OC)nc1-c1cc(OC)cc(OC)c1. The van der Waals surface area contributed by atoms with Gasteiger partial charge < -0.3 is 14.2 Å². The van der Waals surface area contributed by atoms with Crippen molar-refractivity contribution >= 4 is 22.4 Å². The molecule has 1 aromatic heterocycles. The zero-order valence-corrected chi connectivity index (χ0v) is 17.8. The molecule has 6 nitrogen and oxygen atoms in total. The van der Waals surface area contributed by atoms with Crippen LogP contribution in [-0.2, 0) is 6.42 Å². The maximum Gasteiger partial charge on any atom is 0.261 e. The van der Waals surface area contributed by atoms with Crippen LogP contribution in [0.5, 0.6) is 17.2 Å². The number of nitrogens with zero attached hydrogens (tertiary/aromatic N) is 1. The summed E-state index contributed by atoms with van der Waals surface area (Å²) in [4.78, 5) is 18.5. The molecular weight excluding hydrogens is 388 g/mol. The maximum atomic E-state index is 12.7. The molecule has 0 aliphatic heterocycles. The Labute approximate surface area is 174 Å². The first-order chi connectivity index (χ1) is 14.1. The quantitative estimate of drug-likeness (QED) is 0.561. The van der Waals surface area contributed by atoms with Gasteiger partial charge in [0.1, 0.15) is 17.2 Å². The van der Waals surface area contributed by atoms with Crippen LogP contribution >= 0.6 is 11.3 Å². The van der Waals surface area contributed by atoms with Gasteiger partial charge in [0, 0.05) is 16.5 Å². The summed E-state index contributed by atoms with van der Waals surface area (Å²) in [6.45, 7) is 2.11. The van der Waals surface area contributed by atoms with Gasteiger partial charge >= 0.3 is 0 Å². The molecule has 1 N–H and O–H groups in total. The van der Waals surface area contributed by atoms with Crippen molar-refractivity contribution in [3.8, 4) is 28.5 Å². The molecular formula is C22H24N2O4S. The van der Waals surface area contributed by atoms with Crippen molar-refractivity contribution in [2.24, 2.45) is 0 Å². The molecule has 1 amide bonds. The molecule has 0 radical (unpaired) electrons. The Balaban J connectivity index is 1.96. The summed E-state index contributed by atoms with van der Waals surface area (Å²) >= 11 is 1.48. The molecule has 152 valence electrons. The van der Waals surface area contributed by atoms with E-state index < -0.39 is 0 Å². The molecule has 0 aliphatic carbocycles. The van der Waals surface area contributed by atoms with E-state index in [0.717, 1.165) is 29.0 Å². The van der Waals surface area contributed by atoms with E-state index in [4.69, 9.17) is 19.2 Å². The number of hydrogen-bond donors (Lipinski definition) is 1. The van der Waals surface area contributed by atoms with E-state index in [1.165, 1.54) is 11.3 Å². The first-order valence-electron chi connectivity index (χ1n) is 9.27. The second-order valence-electron chi connectivity index (χ2n) is 6.30. The summed E-state index contributed by atoms with van der Waals surface area (Å²) in [5.74, 6) is 1.64. The van der Waals surface area contributed by atoms with Gasteiger partial charge in [0.15, 0.2) is 5.13 Å². The number of ether oxygens (including phenoxy) is 3. The first-order valence-corrected chi connectivity index (χ1v) is 10.1. The van der Waals surface area contributed by atoms with E-state index in [2.05, 4.69) is 12.2 Å². The molecule has 0 saturated carbocycles. The van der Waals surface area contributed by atoms with Crippen molar-refractivity contribution in [3.63, 3.8) is 0 Å². The zero-order valence-electron chi connectivity index (χ0n) is 16.9. The molecule has 3 rings (SSSR count). The lowest BCUT2D eigenvalue weighted by Gasteiger charge is -2.08. The van der Waals surface area contributed by atoms with Crippen molar-refractivity contribution in [3.05, 3.63) is 52.9 Å². The lowest BCUT2D eigenvalue weighted by Crippen LogP contribution is -2.12. The van der Waals surface area contributed by atoms with Crippen LogP contribution in [0.2, 0.25) is 0 Å². The molecule has 29 heavy (non-hydrogen) atoms. The highest BCUT2D eigenvalue weighted by atomic mass is 32.1. The molecule has 7 heteroatoms. The average molecular weight is 413 g/mol. The van der Waals surface area contributed by atoms with Crippen molar-refractivity contribution in [2.45, 2.75) is 19.8 Å². The Morgan fingerprint density at radius 3 is 2.34 bits per heavy atom. The minimum atomic E-state index is -0.256. The molecule has 0 aliphatic rings. The number of carbonyl (C=O) groups is 1. The molecule has 1 heterocycles. The molecule has 0 spiro atoms. The van der Waals surface area contributed by atoms with E-state index in [1.54, 1.807) is 39.5 Å². The highest BCUT2D eigenvalue weighted by molar-refractivity contribution is 7.16. The third-order valence-corrected chi connectivity index (χ3v) is 5.40. The van der Waals surface area contributed by atoms with Gasteiger partial charge in [0.2, 0.25) is 0 Å². The summed E-state index contributed by atoms with van der Waals surface area (Å²) in [6.07, 6.45) is 1.83. The molecule has 0 saturated heterocycles. The minimum absolute atomic E-state index is 0.256. The lowest BCUT2D eigenvalue weighted by molar-refractivity contribution is 0.102. The van der Waals surface area contributed by atoms with Crippen LogP contribution in [0.1, 0.15) is 28.6 Å². The van der Waals surface area contributed by atoms with E-state index >= 15 is 0 Å². The fourth-order valence-electron chi connectivity index (χ4n) is 2.97. The van der Waals surface area contributed by atoms with E-state index in [1.807, 2.05) is 24.3 Å². The zero-order chi connectivity index (χ0) is 20.8. The molecule has 3 aromatic rings. The third kappa shape index (κ3) is 4.68. The number of rotatable bonds is 8. The molecule has 0 unspecified atom stereocenters. The number of benzene rings is 2. The third-order valence-electron chi connectivity index (χ3n) is 4.37. The molecule has 0 atom stereocenters. The number of nitrogens with one attached hydrogen (secondary N) is 1. The van der Waals surface area contributed by atoms with Crippen molar-refractivity contribution in [1.82, 2.24) is 4.98 Å². The van der Waals surface area contributed by atoms with Crippen molar-refractivity contribution in [2.75, 3.05) is 26.6 Å². The van der Waals surface area contributed by atoms with Crippen LogP contribution in [0.3, 0.4) is 0 Å². The van der Waals surface area contributed by atoms with Gasteiger partial charge in [-0.1, -0.05) is 25.5 Å². The number of carbonyl (C=O) groups excluding carboxylic acids is 1. The van der Waals surface area contributed by atoms with Crippen LogP contribution in [0, 0.1) is 0 Å². The Morgan fingerprint density at radius 1 is 1.03 bits per heavy atom. The predicted octanol–water partition coefficient (Wildman–Crippen LogP) is 5.04. The van der Waals surface area contributed by atoms with Crippen LogP contribution in [0.25, 0.3) is 11.3 Å². The number of aromatic nitrogens is 1. The molecule has 0 fully saturated rings. The van der Waals surface area contributed by atoms with Crippen LogP contribution in [-0.4, -0.2) is 32.2 Å². The monoisotopic (exact) mass is 412 g/mol. The number of aryl methyl sites for hydroxylation is 1. The highest BCUT2D eigenvalue weighted by Crippen LogP contribution is 2.36. The van der Waals surface area contributed by atoms with Crippen molar-refractivity contribution < 1.29 is 19.0 Å². The summed E-state index contributed by atoms with van der Waals surface area (Å²) < 4.78 is 16.1.